The first-order chi connectivity index (χ1) is 22.2. The summed E-state index contributed by atoms with van der Waals surface area (Å²) in [7, 11) is -2.38. The Morgan fingerprint density at radius 3 is 2.17 bits per heavy atom. The molecule has 0 saturated carbocycles. The lowest BCUT2D eigenvalue weighted by Crippen LogP contribution is -2.48. The molecule has 12 heteroatoms. The third-order valence-corrected chi connectivity index (χ3v) is 9.38. The normalized spacial score (nSPS) is 16.2. The number of sulfonamides is 1. The van der Waals surface area contributed by atoms with E-state index in [1.54, 1.807) is 19.1 Å². The molecule has 1 aliphatic heterocycles. The molecule has 3 aromatic rings. The molecule has 3 N–H and O–H groups in total. The van der Waals surface area contributed by atoms with E-state index >= 15 is 0 Å². The molecule has 3 atom stereocenters. The van der Waals surface area contributed by atoms with Crippen LogP contribution in [0.2, 0.25) is 0 Å². The van der Waals surface area contributed by atoms with Crippen molar-refractivity contribution in [3.63, 3.8) is 0 Å². The Labute approximate surface area is 276 Å². The molecule has 3 aromatic carbocycles. The van der Waals surface area contributed by atoms with Crippen LogP contribution in [0.5, 0.6) is 0 Å². The summed E-state index contributed by atoms with van der Waals surface area (Å²) < 4.78 is 39.3. The van der Waals surface area contributed by atoms with Gasteiger partial charge in [-0.05, 0) is 67.1 Å². The fraction of sp³-hybridized carbons (Fsp3) is 0.400. The standard InChI is InChI=1S/C35H44FN5O5S/c1-23(2)22-41-16-15-32(35(41)44)37-21-30(17-25-9-7-6-8-10-25)39-34(43)28-18-27(19-31(20-28)40(4)47(5,45)46)33(42)38-24(3)26-11-13-29(36)14-12-26/h6-14,18-20,23-24,30,32,37H,15-17,21-22H2,1-5H3,(H,38,42)(H,39,43)/t24-,30+,32+/m1/s1. The highest BCUT2D eigenvalue weighted by atomic mass is 32.2. The number of amides is 3. The van der Waals surface area contributed by atoms with E-state index in [9.17, 15) is 27.2 Å². The maximum Gasteiger partial charge on any atom is 0.251 e. The molecule has 10 nitrogen and oxygen atoms in total. The molecule has 1 aliphatic rings. The van der Waals surface area contributed by atoms with E-state index in [1.165, 1.54) is 37.4 Å². The molecule has 1 heterocycles. The first-order valence-electron chi connectivity index (χ1n) is 15.7. The topological polar surface area (TPSA) is 128 Å². The van der Waals surface area contributed by atoms with Crippen molar-refractivity contribution in [1.29, 1.82) is 0 Å². The van der Waals surface area contributed by atoms with Crippen LogP contribution in [0, 0.1) is 11.7 Å². The molecule has 252 valence electrons. The average Bonchev–Trinajstić information content (AvgIpc) is 3.37. The highest BCUT2D eigenvalue weighted by Gasteiger charge is 2.32. The van der Waals surface area contributed by atoms with Gasteiger partial charge in [0.15, 0.2) is 0 Å². The van der Waals surface area contributed by atoms with Crippen molar-refractivity contribution in [3.8, 4) is 0 Å². The van der Waals surface area contributed by atoms with E-state index < -0.39 is 39.7 Å². The molecule has 0 radical (unpaired) electrons. The fourth-order valence-electron chi connectivity index (χ4n) is 5.54. The van der Waals surface area contributed by atoms with Gasteiger partial charge in [-0.25, -0.2) is 12.8 Å². The second-order valence-corrected chi connectivity index (χ2v) is 14.5. The Balaban J connectivity index is 1.57. The minimum atomic E-state index is -3.72. The molecule has 0 aromatic heterocycles. The third kappa shape index (κ3) is 9.85. The largest absolute Gasteiger partial charge is 0.348 e. The zero-order valence-electron chi connectivity index (χ0n) is 27.5. The van der Waals surface area contributed by atoms with Gasteiger partial charge in [-0.3, -0.25) is 18.7 Å². The second-order valence-electron chi connectivity index (χ2n) is 12.5. The van der Waals surface area contributed by atoms with Crippen LogP contribution in [0.15, 0.2) is 72.8 Å². The van der Waals surface area contributed by atoms with Crippen molar-refractivity contribution in [3.05, 3.63) is 101 Å². The summed E-state index contributed by atoms with van der Waals surface area (Å²) in [6, 6.07) is 18.3. The summed E-state index contributed by atoms with van der Waals surface area (Å²) in [5.74, 6) is -1.03. The summed E-state index contributed by atoms with van der Waals surface area (Å²) in [5.41, 5.74) is 1.97. The number of carbonyl (C=O) groups is 3. The highest BCUT2D eigenvalue weighted by Crippen LogP contribution is 2.23. The van der Waals surface area contributed by atoms with E-state index in [4.69, 9.17) is 0 Å². The van der Waals surface area contributed by atoms with Crippen LogP contribution in [0.4, 0.5) is 10.1 Å². The summed E-state index contributed by atoms with van der Waals surface area (Å²) in [6.07, 6.45) is 2.18. The Morgan fingerprint density at radius 1 is 0.957 bits per heavy atom. The zero-order valence-corrected chi connectivity index (χ0v) is 28.3. The van der Waals surface area contributed by atoms with Gasteiger partial charge in [-0.2, -0.15) is 0 Å². The van der Waals surface area contributed by atoms with Crippen LogP contribution in [-0.2, 0) is 21.2 Å². The van der Waals surface area contributed by atoms with Crippen LogP contribution in [0.25, 0.3) is 0 Å². The quantitative estimate of drug-likeness (QED) is 0.240. The maximum atomic E-state index is 13.8. The number of anilines is 1. The molecular formula is C35H44FN5O5S. The van der Waals surface area contributed by atoms with E-state index in [2.05, 4.69) is 29.8 Å². The van der Waals surface area contributed by atoms with Crippen molar-refractivity contribution in [2.45, 2.75) is 51.7 Å². The molecule has 4 rings (SSSR count). The number of nitrogens with zero attached hydrogens (tertiary/aromatic N) is 2. The van der Waals surface area contributed by atoms with Gasteiger partial charge in [-0.1, -0.05) is 56.3 Å². The molecule has 0 spiro atoms. The van der Waals surface area contributed by atoms with Crippen molar-refractivity contribution in [1.82, 2.24) is 20.9 Å². The first kappa shape index (κ1) is 35.6. The Morgan fingerprint density at radius 2 is 1.57 bits per heavy atom. The van der Waals surface area contributed by atoms with Crippen LogP contribution < -0.4 is 20.3 Å². The molecular weight excluding hydrogens is 621 g/mol. The molecule has 0 unspecified atom stereocenters. The molecule has 3 amide bonds. The van der Waals surface area contributed by atoms with Crippen LogP contribution >= 0.6 is 0 Å². The van der Waals surface area contributed by atoms with E-state index in [-0.39, 0.29) is 28.8 Å². The SMILES string of the molecule is CC(C)CN1CC[C@H](NC[C@H](Cc2ccccc2)NC(=O)c2cc(C(=O)N[C@H](C)c3ccc(F)cc3)cc(N(C)S(C)(=O)=O)c2)C1=O. The number of benzene rings is 3. The van der Waals surface area contributed by atoms with Crippen LogP contribution in [0.1, 0.15) is 65.1 Å². The first-order valence-corrected chi connectivity index (χ1v) is 17.6. The minimum Gasteiger partial charge on any atom is -0.348 e. The van der Waals surface area contributed by atoms with Gasteiger partial charge in [-0.15, -0.1) is 0 Å². The van der Waals surface area contributed by atoms with Crippen molar-refractivity contribution in [2.24, 2.45) is 5.92 Å². The zero-order chi connectivity index (χ0) is 34.3. The number of hydrogen-bond donors (Lipinski definition) is 3. The van der Waals surface area contributed by atoms with E-state index in [0.29, 0.717) is 44.0 Å². The van der Waals surface area contributed by atoms with Crippen molar-refractivity contribution < 1.29 is 27.2 Å². The number of hydrogen-bond acceptors (Lipinski definition) is 6. The lowest BCUT2D eigenvalue weighted by atomic mass is 10.0. The van der Waals surface area contributed by atoms with Gasteiger partial charge in [0, 0.05) is 43.9 Å². The lowest BCUT2D eigenvalue weighted by molar-refractivity contribution is -0.129. The van der Waals surface area contributed by atoms with E-state index in [1.807, 2.05) is 35.2 Å². The van der Waals surface area contributed by atoms with Crippen molar-refractivity contribution in [2.75, 3.05) is 37.2 Å². The van der Waals surface area contributed by atoms with Gasteiger partial charge < -0.3 is 20.9 Å². The van der Waals surface area contributed by atoms with Crippen molar-refractivity contribution >= 4 is 33.4 Å². The summed E-state index contributed by atoms with van der Waals surface area (Å²) in [5, 5.41) is 9.24. The Hall–Kier alpha value is -4.29. The van der Waals surface area contributed by atoms with Gasteiger partial charge in [0.1, 0.15) is 5.82 Å². The lowest BCUT2D eigenvalue weighted by Gasteiger charge is -2.23. The molecule has 47 heavy (non-hydrogen) atoms. The summed E-state index contributed by atoms with van der Waals surface area (Å²) in [4.78, 5) is 42.1. The maximum absolute atomic E-state index is 13.8. The monoisotopic (exact) mass is 665 g/mol. The molecule has 0 bridgehead atoms. The molecule has 0 aliphatic carbocycles. The Kier molecular flexibility index (Phi) is 11.8. The smallest absolute Gasteiger partial charge is 0.251 e. The predicted molar refractivity (Wildman–Crippen MR) is 181 cm³/mol. The number of rotatable bonds is 14. The number of nitrogens with one attached hydrogen (secondary N) is 3. The predicted octanol–water partition coefficient (Wildman–Crippen LogP) is 3.90. The molecule has 1 saturated heterocycles. The van der Waals surface area contributed by atoms with Gasteiger partial charge in [0.25, 0.3) is 11.8 Å². The molecule has 1 fully saturated rings. The van der Waals surface area contributed by atoms with E-state index in [0.717, 1.165) is 16.1 Å². The Bertz CT molecular complexity index is 1670. The third-order valence-electron chi connectivity index (χ3n) is 8.17. The number of halogens is 1. The van der Waals surface area contributed by atoms with Crippen LogP contribution in [-0.4, -0.2) is 76.1 Å². The number of carbonyl (C=O) groups excluding carboxylic acids is 3. The second kappa shape index (κ2) is 15.5. The van der Waals surface area contributed by atoms with Gasteiger partial charge in [0.2, 0.25) is 15.9 Å². The summed E-state index contributed by atoms with van der Waals surface area (Å²) >= 11 is 0. The van der Waals surface area contributed by atoms with Gasteiger partial charge >= 0.3 is 0 Å². The summed E-state index contributed by atoms with van der Waals surface area (Å²) in [6.45, 7) is 7.57. The van der Waals surface area contributed by atoms with Crippen LogP contribution in [0.3, 0.4) is 0 Å². The average molecular weight is 666 g/mol. The fourth-order valence-corrected chi connectivity index (χ4v) is 6.03. The minimum absolute atomic E-state index is 0.0468. The highest BCUT2D eigenvalue weighted by molar-refractivity contribution is 7.92. The van der Waals surface area contributed by atoms with Gasteiger partial charge in [0.05, 0.1) is 24.0 Å². The number of likely N-dealkylation sites (tertiary alicyclic amines) is 1.